The number of amides is 3. The summed E-state index contributed by atoms with van der Waals surface area (Å²) in [6.45, 7) is 14.6. The predicted molar refractivity (Wildman–Crippen MR) is 258 cm³/mol. The summed E-state index contributed by atoms with van der Waals surface area (Å²) in [5.41, 5.74) is 7.99. The fourth-order valence-corrected chi connectivity index (χ4v) is 10.8. The molecule has 3 aromatic heterocycles. The molecule has 3 atom stereocenters. The number of aryl methyl sites for hydroxylation is 2. The Kier molecular flexibility index (Phi) is 12.4. The highest BCUT2D eigenvalue weighted by Crippen LogP contribution is 2.40. The summed E-state index contributed by atoms with van der Waals surface area (Å²) in [5, 5.41) is 16.2. The van der Waals surface area contributed by atoms with Crippen LogP contribution >= 0.6 is 0 Å². The van der Waals surface area contributed by atoms with Crippen LogP contribution in [0.1, 0.15) is 79.0 Å². The van der Waals surface area contributed by atoms with Gasteiger partial charge in [-0.1, -0.05) is 13.8 Å². The van der Waals surface area contributed by atoms with E-state index in [1.54, 1.807) is 49.5 Å². The topological polar surface area (TPSA) is 161 Å². The number of piperazine rings is 1. The smallest absolute Gasteiger partial charge is 0.293 e. The van der Waals surface area contributed by atoms with Crippen molar-refractivity contribution < 1.29 is 23.9 Å². The summed E-state index contributed by atoms with van der Waals surface area (Å²) in [4.78, 5) is 69.6. The lowest BCUT2D eigenvalue weighted by Crippen LogP contribution is -2.58. The number of pyridine rings is 1. The van der Waals surface area contributed by atoms with Crippen LogP contribution in [0.3, 0.4) is 0 Å². The van der Waals surface area contributed by atoms with E-state index in [4.69, 9.17) is 4.98 Å². The molecule has 0 saturated carbocycles. The summed E-state index contributed by atoms with van der Waals surface area (Å²) < 4.78 is 17.6. The Morgan fingerprint density at radius 1 is 0.985 bits per heavy atom. The Balaban J connectivity index is 0.948. The number of hydrogen-bond donors (Lipinski definition) is 3. The van der Waals surface area contributed by atoms with Gasteiger partial charge < -0.3 is 29.4 Å². The number of rotatable bonds is 11. The van der Waals surface area contributed by atoms with Gasteiger partial charge in [0.2, 0.25) is 12.3 Å². The SMILES string of the molecule is Cc1cc(N2CCC(N3CCN(c4ccc(Nc5nc(-c6ccnc(N7CCn8c(cc9c8CC(C)(C)C9)C7=O)c6CO)cn(C)c5=O)cc4C=CC(=O)NC=O)[C@@H](C)C3)C[C@H]2C)ccc1F. The lowest BCUT2D eigenvalue weighted by atomic mass is 9.90. The molecule has 5 aromatic rings. The first-order chi connectivity index (χ1) is 32.1. The van der Waals surface area contributed by atoms with E-state index in [2.05, 4.69) is 62.6 Å². The maximum atomic E-state index is 14.1. The Morgan fingerprint density at radius 2 is 1.81 bits per heavy atom. The van der Waals surface area contributed by atoms with Crippen LogP contribution in [0.25, 0.3) is 17.3 Å². The quantitative estimate of drug-likeness (QED) is 0.106. The maximum Gasteiger partial charge on any atom is 0.293 e. The molecule has 3 N–H and O–H groups in total. The standard InChI is InChI=1S/C51H59FN10O5/c1-31-21-38(9-10-41(31)52)59-16-14-37(22-32(59)2)58-17-18-60(33(3)27-58)43-11-8-36(23-34(43)7-12-46(65)54-30-64)55-47-50(67)57(6)28-42(56-47)39-13-15-53-48(40(39)29-63)62-20-19-61-44(49(62)66)24-35-25-51(4,5)26-45(35)61/h7-13,15,21,23-24,28,30,32-33,37,63H,14,16-20,22,25-27,29H2,1-6H3,(H,55,56)(H,54,64,65)/t32-,33+,37?/m1/s1. The lowest BCUT2D eigenvalue weighted by Gasteiger charge is -2.48. The second kappa shape index (κ2) is 18.2. The Morgan fingerprint density at radius 3 is 2.55 bits per heavy atom. The van der Waals surface area contributed by atoms with Gasteiger partial charge in [-0.15, -0.1) is 0 Å². The average molecular weight is 911 g/mol. The number of carbonyl (C=O) groups excluding carboxylic acids is 3. The van der Waals surface area contributed by atoms with Crippen LogP contribution in [-0.2, 0) is 42.6 Å². The molecule has 15 nitrogen and oxygen atoms in total. The zero-order chi connectivity index (χ0) is 47.3. The number of piperidine rings is 1. The number of carbonyl (C=O) groups is 3. The van der Waals surface area contributed by atoms with Crippen LogP contribution in [0.5, 0.6) is 0 Å². The first-order valence-electron chi connectivity index (χ1n) is 23.2. The monoisotopic (exact) mass is 910 g/mol. The molecule has 1 unspecified atom stereocenters. The highest BCUT2D eigenvalue weighted by atomic mass is 19.1. The number of fused-ring (bicyclic) bond motifs is 3. The number of benzene rings is 2. The van der Waals surface area contributed by atoms with Crippen molar-refractivity contribution in [2.24, 2.45) is 12.5 Å². The number of aromatic nitrogens is 4. The summed E-state index contributed by atoms with van der Waals surface area (Å²) in [5.74, 6) is -0.552. The first kappa shape index (κ1) is 45.5. The van der Waals surface area contributed by atoms with Gasteiger partial charge in [0.05, 0.1) is 12.3 Å². The first-order valence-corrected chi connectivity index (χ1v) is 23.2. The summed E-state index contributed by atoms with van der Waals surface area (Å²) >= 11 is 0. The molecule has 1 aliphatic carbocycles. The van der Waals surface area contributed by atoms with Crippen molar-refractivity contribution in [1.29, 1.82) is 0 Å². The van der Waals surface area contributed by atoms with Crippen molar-refractivity contribution in [3.8, 4) is 11.3 Å². The van der Waals surface area contributed by atoms with Gasteiger partial charge in [-0.3, -0.25) is 34.3 Å². The van der Waals surface area contributed by atoms with E-state index in [1.165, 1.54) is 21.9 Å². The van der Waals surface area contributed by atoms with Crippen LogP contribution < -0.4 is 30.9 Å². The van der Waals surface area contributed by atoms with E-state index in [-0.39, 0.29) is 29.0 Å². The summed E-state index contributed by atoms with van der Waals surface area (Å²) in [6, 6.07) is 15.6. The van der Waals surface area contributed by atoms with Crippen molar-refractivity contribution >= 4 is 53.0 Å². The van der Waals surface area contributed by atoms with E-state index in [9.17, 15) is 28.7 Å². The fraction of sp³-hybridized carbons (Fsp3) is 0.412. The average Bonchev–Trinajstić information content (AvgIpc) is 3.80. The molecule has 67 heavy (non-hydrogen) atoms. The molecule has 4 aliphatic rings. The third-order valence-corrected chi connectivity index (χ3v) is 14.1. The van der Waals surface area contributed by atoms with E-state index in [0.717, 1.165) is 63.2 Å². The number of nitrogens with one attached hydrogen (secondary N) is 2. The van der Waals surface area contributed by atoms with Gasteiger partial charge in [-0.05, 0) is 118 Å². The van der Waals surface area contributed by atoms with Gasteiger partial charge in [0.25, 0.3) is 11.5 Å². The van der Waals surface area contributed by atoms with Crippen LogP contribution in [0, 0.1) is 18.2 Å². The van der Waals surface area contributed by atoms with Crippen molar-refractivity contribution in [2.45, 2.75) is 91.6 Å². The third-order valence-electron chi connectivity index (χ3n) is 14.1. The molecule has 16 heteroatoms. The summed E-state index contributed by atoms with van der Waals surface area (Å²) in [7, 11) is 1.63. The lowest BCUT2D eigenvalue weighted by molar-refractivity contribution is -0.121. The van der Waals surface area contributed by atoms with E-state index >= 15 is 0 Å². The number of halogens is 1. The molecule has 3 amide bonds. The van der Waals surface area contributed by atoms with Gasteiger partial charge in [0, 0.05) is 122 Å². The molecule has 0 spiro atoms. The van der Waals surface area contributed by atoms with Gasteiger partial charge in [0.15, 0.2) is 5.82 Å². The van der Waals surface area contributed by atoms with Crippen molar-refractivity contribution in [3.05, 3.63) is 117 Å². The molecule has 0 bridgehead atoms. The van der Waals surface area contributed by atoms with Gasteiger partial charge >= 0.3 is 0 Å². The Hall–Kier alpha value is -6.65. The van der Waals surface area contributed by atoms with Crippen LogP contribution in [0.2, 0.25) is 0 Å². The maximum absolute atomic E-state index is 14.1. The predicted octanol–water partition coefficient (Wildman–Crippen LogP) is 5.97. The van der Waals surface area contributed by atoms with E-state index in [0.29, 0.717) is 76.7 Å². The number of imide groups is 1. The minimum atomic E-state index is -0.569. The van der Waals surface area contributed by atoms with E-state index in [1.807, 2.05) is 36.4 Å². The molecule has 0 radical (unpaired) electrons. The summed E-state index contributed by atoms with van der Waals surface area (Å²) in [6.07, 6.45) is 10.3. The van der Waals surface area contributed by atoms with Gasteiger partial charge in [0.1, 0.15) is 17.3 Å². The number of nitrogens with zero attached hydrogens (tertiary/aromatic N) is 8. The number of anilines is 5. The van der Waals surface area contributed by atoms with Crippen LogP contribution in [0.4, 0.5) is 33.1 Å². The molecule has 2 aromatic carbocycles. The number of hydrogen-bond acceptors (Lipinski definition) is 11. The van der Waals surface area contributed by atoms with Gasteiger partial charge in [-0.2, -0.15) is 0 Å². The Bertz CT molecular complexity index is 2850. The van der Waals surface area contributed by atoms with Crippen LogP contribution in [-0.4, -0.2) is 98.2 Å². The molecule has 3 aliphatic heterocycles. The van der Waals surface area contributed by atoms with Crippen molar-refractivity contribution in [2.75, 3.05) is 52.7 Å². The minimum absolute atomic E-state index is 0.0322. The Labute approximate surface area is 389 Å². The molecular weight excluding hydrogens is 852 g/mol. The molecule has 350 valence electrons. The third kappa shape index (κ3) is 8.87. The van der Waals surface area contributed by atoms with Crippen LogP contribution in [0.15, 0.2) is 71.8 Å². The molecule has 6 heterocycles. The minimum Gasteiger partial charge on any atom is -0.392 e. The zero-order valence-electron chi connectivity index (χ0n) is 39.1. The number of aliphatic hydroxyl groups excluding tert-OH is 1. The zero-order valence-corrected chi connectivity index (χ0v) is 39.1. The normalized spacial score (nSPS) is 20.6. The van der Waals surface area contributed by atoms with Crippen molar-refractivity contribution in [3.63, 3.8) is 0 Å². The largest absolute Gasteiger partial charge is 0.392 e. The highest BCUT2D eigenvalue weighted by molar-refractivity contribution is 6.06. The second-order valence-electron chi connectivity index (χ2n) is 19.4. The fourth-order valence-electron chi connectivity index (χ4n) is 10.8. The molecular formula is C51H59FN10O5. The highest BCUT2D eigenvalue weighted by Gasteiger charge is 2.38. The molecule has 9 rings (SSSR count). The van der Waals surface area contributed by atoms with Gasteiger partial charge in [-0.25, -0.2) is 14.4 Å². The second-order valence-corrected chi connectivity index (χ2v) is 19.4. The van der Waals surface area contributed by atoms with E-state index < -0.39 is 18.1 Å². The number of aliphatic hydroxyl groups is 1. The van der Waals surface area contributed by atoms with Crippen molar-refractivity contribution in [1.82, 2.24) is 29.3 Å². The molecule has 2 fully saturated rings. The molecule has 2 saturated heterocycles.